The molecule has 1 aromatic rings. The molecule has 1 aliphatic heterocycles. The molecule has 3 nitrogen and oxygen atoms in total. The summed E-state index contributed by atoms with van der Waals surface area (Å²) in [6.45, 7) is 0. The van der Waals surface area contributed by atoms with E-state index in [1.54, 1.807) is 0 Å². The molecule has 1 aliphatic carbocycles. The topological polar surface area (TPSA) is 46.2 Å². The van der Waals surface area contributed by atoms with Crippen LogP contribution in [-0.2, 0) is 9.84 Å². The van der Waals surface area contributed by atoms with Gasteiger partial charge in [-0.25, -0.2) is 12.8 Å². The third-order valence-corrected chi connectivity index (χ3v) is 5.95. The number of rotatable bonds is 3. The van der Waals surface area contributed by atoms with Crippen LogP contribution in [0.25, 0.3) is 0 Å². The molecule has 0 bridgehead atoms. The lowest BCUT2D eigenvalue weighted by Gasteiger charge is -2.38. The van der Waals surface area contributed by atoms with Gasteiger partial charge in [-0.05, 0) is 42.9 Å². The fourth-order valence-corrected chi connectivity index (χ4v) is 4.71. The Balaban J connectivity index is 1.49. The third-order valence-electron chi connectivity index (χ3n) is 4.18. The molecule has 0 amide bonds. The van der Waals surface area contributed by atoms with Gasteiger partial charge in [0.05, 0.1) is 11.5 Å². The number of benzene rings is 1. The van der Waals surface area contributed by atoms with E-state index in [0.29, 0.717) is 17.7 Å². The minimum Gasteiger partial charge on any atom is -0.310 e. The zero-order chi connectivity index (χ0) is 13.5. The van der Waals surface area contributed by atoms with E-state index in [1.807, 2.05) is 12.1 Å². The second kappa shape index (κ2) is 4.87. The van der Waals surface area contributed by atoms with E-state index in [1.165, 1.54) is 17.7 Å². The van der Waals surface area contributed by atoms with Gasteiger partial charge in [0.2, 0.25) is 0 Å². The second-order valence-corrected chi connectivity index (χ2v) is 7.91. The minimum atomic E-state index is -2.80. The summed E-state index contributed by atoms with van der Waals surface area (Å²) in [5, 5.41) is 3.43. The molecule has 0 spiro atoms. The second-order valence-electron chi connectivity index (χ2n) is 5.68. The van der Waals surface area contributed by atoms with E-state index < -0.39 is 9.84 Å². The molecule has 1 N–H and O–H groups in total. The van der Waals surface area contributed by atoms with E-state index in [0.717, 1.165) is 19.3 Å². The molecule has 0 aromatic heterocycles. The Labute approximate surface area is 113 Å². The Morgan fingerprint density at radius 2 is 1.79 bits per heavy atom. The fourth-order valence-electron chi connectivity index (χ4n) is 3.02. The zero-order valence-electron chi connectivity index (χ0n) is 10.7. The summed E-state index contributed by atoms with van der Waals surface area (Å²) < 4.78 is 35.6. The first-order valence-electron chi connectivity index (χ1n) is 6.74. The van der Waals surface area contributed by atoms with Gasteiger partial charge in [0, 0.05) is 12.1 Å². The van der Waals surface area contributed by atoms with Crippen molar-refractivity contribution in [3.05, 3.63) is 35.6 Å². The van der Waals surface area contributed by atoms with Crippen molar-refractivity contribution in [3.63, 3.8) is 0 Å². The van der Waals surface area contributed by atoms with Crippen LogP contribution < -0.4 is 5.32 Å². The molecular weight excluding hydrogens is 265 g/mol. The molecule has 19 heavy (non-hydrogen) atoms. The van der Waals surface area contributed by atoms with Gasteiger partial charge in [-0.3, -0.25) is 0 Å². The Hall–Kier alpha value is -0.940. The summed E-state index contributed by atoms with van der Waals surface area (Å²) in [7, 11) is -2.80. The molecule has 1 atom stereocenters. The molecule has 0 radical (unpaired) electrons. The standard InChI is InChI=1S/C14H18FNO2S/c15-12-3-1-10(2-4-12)11-7-14(8-11)16-13-5-6-19(17,18)9-13/h1-4,11,13-14,16H,5-9H2. The Morgan fingerprint density at radius 3 is 2.37 bits per heavy atom. The first-order chi connectivity index (χ1) is 9.02. The molecular formula is C14H18FNO2S. The van der Waals surface area contributed by atoms with E-state index in [4.69, 9.17) is 0 Å². The van der Waals surface area contributed by atoms with Crippen LogP contribution in [0.4, 0.5) is 4.39 Å². The summed E-state index contributed by atoms with van der Waals surface area (Å²) in [6.07, 6.45) is 2.77. The molecule has 2 aliphatic rings. The van der Waals surface area contributed by atoms with Gasteiger partial charge in [-0.15, -0.1) is 0 Å². The van der Waals surface area contributed by atoms with Gasteiger partial charge >= 0.3 is 0 Å². The fraction of sp³-hybridized carbons (Fsp3) is 0.571. The number of hydrogen-bond acceptors (Lipinski definition) is 3. The minimum absolute atomic E-state index is 0.129. The van der Waals surface area contributed by atoms with Crippen LogP contribution >= 0.6 is 0 Å². The summed E-state index contributed by atoms with van der Waals surface area (Å²) >= 11 is 0. The molecule has 104 valence electrons. The van der Waals surface area contributed by atoms with Gasteiger partial charge in [-0.1, -0.05) is 12.1 Å². The maximum Gasteiger partial charge on any atom is 0.151 e. The molecule has 1 unspecified atom stereocenters. The highest BCUT2D eigenvalue weighted by atomic mass is 32.2. The van der Waals surface area contributed by atoms with Crippen LogP contribution in [0.3, 0.4) is 0 Å². The first kappa shape index (κ1) is 13.1. The summed E-state index contributed by atoms with van der Waals surface area (Å²) in [6, 6.07) is 7.23. The van der Waals surface area contributed by atoms with Crippen molar-refractivity contribution in [3.8, 4) is 0 Å². The Bertz CT molecular complexity index is 549. The van der Waals surface area contributed by atoms with Gasteiger partial charge in [0.15, 0.2) is 9.84 Å². The SMILES string of the molecule is O=S1(=O)CCC(NC2CC(c3ccc(F)cc3)C2)C1. The number of nitrogens with one attached hydrogen (secondary N) is 1. The lowest BCUT2D eigenvalue weighted by molar-refractivity contribution is 0.271. The van der Waals surface area contributed by atoms with Gasteiger partial charge in [0.25, 0.3) is 0 Å². The van der Waals surface area contributed by atoms with E-state index >= 15 is 0 Å². The van der Waals surface area contributed by atoms with Crippen LogP contribution in [0, 0.1) is 5.82 Å². The monoisotopic (exact) mass is 283 g/mol. The molecule has 5 heteroatoms. The summed E-state index contributed by atoms with van der Waals surface area (Å²) in [4.78, 5) is 0. The Kier molecular flexibility index (Phi) is 3.35. The predicted molar refractivity (Wildman–Crippen MR) is 72.4 cm³/mol. The highest BCUT2D eigenvalue weighted by molar-refractivity contribution is 7.91. The van der Waals surface area contributed by atoms with Crippen molar-refractivity contribution < 1.29 is 12.8 Å². The zero-order valence-corrected chi connectivity index (χ0v) is 11.5. The van der Waals surface area contributed by atoms with Crippen LogP contribution in [0.2, 0.25) is 0 Å². The maximum atomic E-state index is 12.8. The van der Waals surface area contributed by atoms with Crippen molar-refractivity contribution in [2.45, 2.75) is 37.3 Å². The molecule has 1 aromatic carbocycles. The van der Waals surface area contributed by atoms with Crippen molar-refractivity contribution in [2.75, 3.05) is 11.5 Å². The van der Waals surface area contributed by atoms with Crippen LogP contribution in [0.15, 0.2) is 24.3 Å². The number of sulfone groups is 1. The highest BCUT2D eigenvalue weighted by Crippen LogP contribution is 2.37. The van der Waals surface area contributed by atoms with Crippen LogP contribution in [0.5, 0.6) is 0 Å². The maximum absolute atomic E-state index is 12.8. The quantitative estimate of drug-likeness (QED) is 0.921. The normalized spacial score (nSPS) is 33.0. The third kappa shape index (κ3) is 2.98. The average Bonchev–Trinajstić information content (AvgIpc) is 2.64. The largest absolute Gasteiger partial charge is 0.310 e. The lowest BCUT2D eigenvalue weighted by atomic mass is 9.75. The van der Waals surface area contributed by atoms with Gasteiger partial charge in [0.1, 0.15) is 5.82 Å². The highest BCUT2D eigenvalue weighted by Gasteiger charge is 2.35. The van der Waals surface area contributed by atoms with E-state index in [-0.39, 0.29) is 17.6 Å². The van der Waals surface area contributed by atoms with E-state index in [2.05, 4.69) is 5.32 Å². The Morgan fingerprint density at radius 1 is 1.11 bits per heavy atom. The van der Waals surface area contributed by atoms with Crippen molar-refractivity contribution in [2.24, 2.45) is 0 Å². The molecule has 3 rings (SSSR count). The van der Waals surface area contributed by atoms with Crippen molar-refractivity contribution in [1.82, 2.24) is 5.32 Å². The van der Waals surface area contributed by atoms with Crippen LogP contribution in [0.1, 0.15) is 30.7 Å². The summed E-state index contributed by atoms with van der Waals surface area (Å²) in [5.41, 5.74) is 1.18. The molecule has 1 saturated heterocycles. The molecule has 1 saturated carbocycles. The van der Waals surface area contributed by atoms with Gasteiger partial charge in [-0.2, -0.15) is 0 Å². The predicted octanol–water partition coefficient (Wildman–Crippen LogP) is 1.85. The first-order valence-corrected chi connectivity index (χ1v) is 8.56. The van der Waals surface area contributed by atoms with Gasteiger partial charge < -0.3 is 5.32 Å². The number of hydrogen-bond donors (Lipinski definition) is 1. The lowest BCUT2D eigenvalue weighted by Crippen LogP contribution is -2.46. The van der Waals surface area contributed by atoms with Crippen LogP contribution in [-0.4, -0.2) is 32.0 Å². The molecule has 1 heterocycles. The molecule has 2 fully saturated rings. The summed E-state index contributed by atoms with van der Waals surface area (Å²) in [5.74, 6) is 0.883. The average molecular weight is 283 g/mol. The van der Waals surface area contributed by atoms with E-state index in [9.17, 15) is 12.8 Å². The van der Waals surface area contributed by atoms with Crippen molar-refractivity contribution >= 4 is 9.84 Å². The number of halogens is 1. The van der Waals surface area contributed by atoms with Crippen molar-refractivity contribution in [1.29, 1.82) is 0 Å². The smallest absolute Gasteiger partial charge is 0.151 e.